The molecule has 2 aromatic rings. The largest absolute Gasteiger partial charge is 0.398 e. The van der Waals surface area contributed by atoms with Crippen molar-refractivity contribution in [2.75, 3.05) is 19.3 Å². The van der Waals surface area contributed by atoms with Gasteiger partial charge in [-0.15, -0.1) is 0 Å². The number of aromatic nitrogens is 1. The van der Waals surface area contributed by atoms with Crippen LogP contribution in [0, 0.1) is 6.92 Å². The number of hydrogen-bond acceptors (Lipinski definition) is 3. The molecule has 1 fully saturated rings. The number of benzene rings is 1. The minimum absolute atomic E-state index is 0.366. The average Bonchev–Trinajstić information content (AvgIpc) is 2.89. The molecule has 0 spiro atoms. The number of anilines is 1. The van der Waals surface area contributed by atoms with Gasteiger partial charge in [0.1, 0.15) is 0 Å². The number of para-hydroxylation sites is 1. The van der Waals surface area contributed by atoms with Crippen LogP contribution in [-0.4, -0.2) is 23.5 Å². The average molecular weight is 302 g/mol. The summed E-state index contributed by atoms with van der Waals surface area (Å²) in [6.07, 6.45) is 4.31. The lowest BCUT2D eigenvalue weighted by atomic mass is 9.93. The molecule has 1 aliphatic heterocycles. The first kappa shape index (κ1) is 14.4. The van der Waals surface area contributed by atoms with Crippen LogP contribution in [0.15, 0.2) is 30.5 Å². The van der Waals surface area contributed by atoms with Crippen molar-refractivity contribution in [2.45, 2.75) is 25.8 Å². The Morgan fingerprint density at radius 1 is 1.33 bits per heavy atom. The second-order valence-corrected chi connectivity index (χ2v) is 6.09. The van der Waals surface area contributed by atoms with Gasteiger partial charge in [-0.1, -0.05) is 29.8 Å². The van der Waals surface area contributed by atoms with Gasteiger partial charge in [0.2, 0.25) is 0 Å². The summed E-state index contributed by atoms with van der Waals surface area (Å²) in [6.45, 7) is 3.05. The lowest BCUT2D eigenvalue weighted by molar-refractivity contribution is 0.317. The normalized spacial score (nSPS) is 19.1. The predicted molar refractivity (Wildman–Crippen MR) is 88.4 cm³/mol. The van der Waals surface area contributed by atoms with Crippen LogP contribution in [0.25, 0.3) is 11.1 Å². The Morgan fingerprint density at radius 2 is 2.10 bits per heavy atom. The molecule has 2 heterocycles. The van der Waals surface area contributed by atoms with E-state index in [9.17, 15) is 0 Å². The Kier molecular flexibility index (Phi) is 3.87. The molecule has 0 saturated carbocycles. The molecule has 0 amide bonds. The molecule has 1 aliphatic rings. The Hall–Kier alpha value is -1.58. The minimum atomic E-state index is 0.366. The van der Waals surface area contributed by atoms with Crippen molar-refractivity contribution < 1.29 is 0 Å². The molecule has 21 heavy (non-hydrogen) atoms. The number of nitrogens with two attached hydrogens (primary N) is 1. The van der Waals surface area contributed by atoms with Crippen LogP contribution in [0.2, 0.25) is 5.02 Å². The lowest BCUT2D eigenvalue weighted by Crippen LogP contribution is -2.18. The second kappa shape index (κ2) is 5.66. The molecule has 0 aliphatic carbocycles. The van der Waals surface area contributed by atoms with Gasteiger partial charge in [-0.25, -0.2) is 0 Å². The van der Waals surface area contributed by atoms with E-state index in [0.717, 1.165) is 35.5 Å². The van der Waals surface area contributed by atoms with Crippen LogP contribution in [0.3, 0.4) is 0 Å². The molecule has 110 valence electrons. The van der Waals surface area contributed by atoms with E-state index >= 15 is 0 Å². The fraction of sp³-hybridized carbons (Fsp3) is 0.353. The van der Waals surface area contributed by atoms with Gasteiger partial charge in [0, 0.05) is 29.1 Å². The van der Waals surface area contributed by atoms with E-state index in [4.69, 9.17) is 17.3 Å². The van der Waals surface area contributed by atoms with Crippen LogP contribution in [0.5, 0.6) is 0 Å². The topological polar surface area (TPSA) is 42.2 Å². The van der Waals surface area contributed by atoms with Crippen molar-refractivity contribution in [1.82, 2.24) is 9.88 Å². The molecular formula is C17H20ClN3. The summed E-state index contributed by atoms with van der Waals surface area (Å²) in [6, 6.07) is 8.27. The zero-order valence-corrected chi connectivity index (χ0v) is 13.2. The number of rotatable bonds is 2. The number of pyridine rings is 1. The van der Waals surface area contributed by atoms with Gasteiger partial charge in [0.15, 0.2) is 0 Å². The number of halogens is 1. The summed E-state index contributed by atoms with van der Waals surface area (Å²) in [5.74, 6) is 0. The fourth-order valence-electron chi connectivity index (χ4n) is 3.15. The standard InChI is InChI=1S/C17H20ClN3/c1-11-17(18)16(12-6-3-4-7-14(12)19)13(10-20-11)15-8-5-9-21(15)2/h3-4,6-7,10,15H,5,8-9,19H2,1-2H3/t15-/m0/s1. The van der Waals surface area contributed by atoms with E-state index in [1.165, 1.54) is 12.0 Å². The number of nitrogens with zero attached hydrogens (tertiary/aromatic N) is 2. The maximum absolute atomic E-state index is 6.59. The predicted octanol–water partition coefficient (Wildman–Crippen LogP) is 4.06. The van der Waals surface area contributed by atoms with Gasteiger partial charge in [0.25, 0.3) is 0 Å². The first-order valence-corrected chi connectivity index (χ1v) is 7.67. The van der Waals surface area contributed by atoms with Crippen molar-refractivity contribution in [2.24, 2.45) is 0 Å². The summed E-state index contributed by atoms with van der Waals surface area (Å²) in [5.41, 5.74) is 11.0. The van der Waals surface area contributed by atoms with Crippen molar-refractivity contribution >= 4 is 17.3 Å². The summed E-state index contributed by atoms with van der Waals surface area (Å²) in [4.78, 5) is 6.84. The summed E-state index contributed by atoms with van der Waals surface area (Å²) in [7, 11) is 2.16. The third-order valence-corrected chi connectivity index (χ3v) is 4.80. The van der Waals surface area contributed by atoms with Gasteiger partial charge in [-0.2, -0.15) is 0 Å². The third-order valence-electron chi connectivity index (χ3n) is 4.33. The third kappa shape index (κ3) is 2.52. The molecule has 3 nitrogen and oxygen atoms in total. The summed E-state index contributed by atoms with van der Waals surface area (Å²) >= 11 is 6.59. The molecule has 0 unspecified atom stereocenters. The molecular weight excluding hydrogens is 282 g/mol. The Labute approximate surface area is 130 Å². The van der Waals surface area contributed by atoms with E-state index in [1.54, 1.807) is 0 Å². The maximum atomic E-state index is 6.59. The highest BCUT2D eigenvalue weighted by molar-refractivity contribution is 6.34. The van der Waals surface area contributed by atoms with Gasteiger partial charge in [-0.3, -0.25) is 9.88 Å². The monoisotopic (exact) mass is 301 g/mol. The van der Waals surface area contributed by atoms with Gasteiger partial charge in [0.05, 0.1) is 10.7 Å². The number of nitrogen functional groups attached to an aromatic ring is 1. The first-order valence-electron chi connectivity index (χ1n) is 7.29. The van der Waals surface area contributed by atoms with Crippen LogP contribution in [0.1, 0.15) is 30.1 Å². The van der Waals surface area contributed by atoms with Crippen molar-refractivity contribution in [3.8, 4) is 11.1 Å². The highest BCUT2D eigenvalue weighted by Crippen LogP contribution is 2.42. The SMILES string of the molecule is Cc1ncc([C@@H]2CCCN2C)c(-c2ccccc2N)c1Cl. The Morgan fingerprint density at radius 3 is 2.76 bits per heavy atom. The van der Waals surface area contributed by atoms with Crippen LogP contribution < -0.4 is 5.73 Å². The second-order valence-electron chi connectivity index (χ2n) is 5.71. The van der Waals surface area contributed by atoms with Crippen molar-refractivity contribution in [1.29, 1.82) is 0 Å². The lowest BCUT2D eigenvalue weighted by Gasteiger charge is -2.24. The molecule has 0 radical (unpaired) electrons. The molecule has 1 saturated heterocycles. The minimum Gasteiger partial charge on any atom is -0.398 e. The molecule has 4 heteroatoms. The quantitative estimate of drug-likeness (QED) is 0.851. The summed E-state index contributed by atoms with van der Waals surface area (Å²) in [5, 5.41) is 0.714. The van der Waals surface area contributed by atoms with E-state index in [0.29, 0.717) is 11.1 Å². The zero-order chi connectivity index (χ0) is 15.0. The van der Waals surface area contributed by atoms with Crippen LogP contribution in [0.4, 0.5) is 5.69 Å². The van der Waals surface area contributed by atoms with E-state index in [2.05, 4.69) is 16.9 Å². The maximum Gasteiger partial charge on any atom is 0.0701 e. The fourth-order valence-corrected chi connectivity index (χ4v) is 3.41. The van der Waals surface area contributed by atoms with Crippen molar-refractivity contribution in [3.05, 3.63) is 46.7 Å². The van der Waals surface area contributed by atoms with Gasteiger partial charge in [-0.05, 0) is 45.0 Å². The summed E-state index contributed by atoms with van der Waals surface area (Å²) < 4.78 is 0. The highest BCUT2D eigenvalue weighted by Gasteiger charge is 2.27. The molecule has 0 bridgehead atoms. The van der Waals surface area contributed by atoms with Crippen LogP contribution in [-0.2, 0) is 0 Å². The Bertz CT molecular complexity index is 669. The van der Waals surface area contributed by atoms with Crippen LogP contribution >= 0.6 is 11.6 Å². The molecule has 1 aromatic carbocycles. The van der Waals surface area contributed by atoms with Gasteiger partial charge < -0.3 is 5.73 Å². The van der Waals surface area contributed by atoms with E-state index < -0.39 is 0 Å². The Balaban J connectivity index is 2.22. The zero-order valence-electron chi connectivity index (χ0n) is 12.4. The molecule has 2 N–H and O–H groups in total. The smallest absolute Gasteiger partial charge is 0.0701 e. The molecule has 1 atom stereocenters. The number of likely N-dealkylation sites (tertiary alicyclic amines) is 1. The van der Waals surface area contributed by atoms with Gasteiger partial charge >= 0.3 is 0 Å². The number of aryl methyl sites for hydroxylation is 1. The molecule has 1 aromatic heterocycles. The van der Waals surface area contributed by atoms with E-state index in [-0.39, 0.29) is 0 Å². The highest BCUT2D eigenvalue weighted by atomic mass is 35.5. The molecule has 3 rings (SSSR count). The first-order chi connectivity index (χ1) is 10.1. The van der Waals surface area contributed by atoms with E-state index in [1.807, 2.05) is 37.4 Å². The van der Waals surface area contributed by atoms with Crippen molar-refractivity contribution in [3.63, 3.8) is 0 Å². The number of hydrogen-bond donors (Lipinski definition) is 1.